The number of carboxylic acid groups (broad SMARTS) is 1. The number of methoxy groups -OCH3 is 2. The quantitative estimate of drug-likeness (QED) is 0.414. The summed E-state index contributed by atoms with van der Waals surface area (Å²) < 4.78 is 40.7. The highest BCUT2D eigenvalue weighted by Crippen LogP contribution is 2.38. The van der Waals surface area contributed by atoms with Crippen LogP contribution < -0.4 is 14.8 Å². The van der Waals surface area contributed by atoms with Crippen LogP contribution in [0, 0.1) is 0 Å². The monoisotopic (exact) mass is 602 g/mol. The number of amides is 2. The Bertz CT molecular complexity index is 1410. The van der Waals surface area contributed by atoms with Crippen LogP contribution in [-0.2, 0) is 30.6 Å². The fourth-order valence-corrected chi connectivity index (χ4v) is 6.28. The van der Waals surface area contributed by atoms with Gasteiger partial charge in [-0.3, -0.25) is 4.79 Å². The summed E-state index contributed by atoms with van der Waals surface area (Å²) in [6.45, 7) is 8.07. The number of piperidine rings is 1. The average molecular weight is 603 g/mol. The summed E-state index contributed by atoms with van der Waals surface area (Å²) in [4.78, 5) is 39.8. The van der Waals surface area contributed by atoms with Gasteiger partial charge in [0.15, 0.2) is 14.6 Å². The van der Waals surface area contributed by atoms with Crippen molar-refractivity contribution in [2.24, 2.45) is 0 Å². The van der Waals surface area contributed by atoms with Gasteiger partial charge in [-0.2, -0.15) is 0 Å². The van der Waals surface area contributed by atoms with Crippen molar-refractivity contribution in [1.82, 2.24) is 10.2 Å². The van der Waals surface area contributed by atoms with Gasteiger partial charge in [0.1, 0.15) is 23.1 Å². The molecule has 3 rings (SSSR count). The molecule has 1 fully saturated rings. The summed E-state index contributed by atoms with van der Waals surface area (Å²) >= 11 is 0. The standard InChI is InChI=1S/C30H38N2O9S/c1-7-42(37,38)30(16-9-17-32(19-30)28(36)41-29(2,3)4)27(35)31-22(26(33)34)18-20-12-14-21(15-13-20)25-23(39-5)10-8-11-24(25)40-6/h7-8,10-15,22H,1,9,16-19H2,2-6H3,(H,31,35)(H,33,34)/t22-,30?/m0/s1. The third kappa shape index (κ3) is 7.04. The molecule has 2 aromatic carbocycles. The maximum absolute atomic E-state index is 13.7. The second-order valence-electron chi connectivity index (χ2n) is 11.0. The molecule has 11 nitrogen and oxygen atoms in total. The minimum absolute atomic E-state index is 0.117. The van der Waals surface area contributed by atoms with E-state index < -0.39 is 50.7 Å². The number of hydrogen-bond donors (Lipinski definition) is 2. The SMILES string of the molecule is C=CS(=O)(=O)C1(C(=O)N[C@@H](Cc2ccc(-c3c(OC)cccc3OC)cc2)C(=O)O)CCCN(C(=O)OC(C)(C)C)C1. The first-order chi connectivity index (χ1) is 19.7. The van der Waals surface area contributed by atoms with E-state index in [-0.39, 0.29) is 25.8 Å². The minimum atomic E-state index is -4.30. The third-order valence-electron chi connectivity index (χ3n) is 7.00. The molecular formula is C30H38N2O9S. The molecule has 0 aliphatic carbocycles. The van der Waals surface area contributed by atoms with Crippen molar-refractivity contribution in [2.75, 3.05) is 27.3 Å². The maximum atomic E-state index is 13.7. The Hall–Kier alpha value is -4.06. The van der Waals surface area contributed by atoms with Gasteiger partial charge in [-0.25, -0.2) is 18.0 Å². The second kappa shape index (κ2) is 12.8. The Morgan fingerprint density at radius 3 is 2.19 bits per heavy atom. The van der Waals surface area contributed by atoms with Gasteiger partial charge in [0.2, 0.25) is 5.91 Å². The molecule has 0 bridgehead atoms. The molecule has 1 unspecified atom stereocenters. The van der Waals surface area contributed by atoms with E-state index in [2.05, 4.69) is 11.9 Å². The molecule has 42 heavy (non-hydrogen) atoms. The maximum Gasteiger partial charge on any atom is 0.410 e. The van der Waals surface area contributed by atoms with Crippen LogP contribution in [0.1, 0.15) is 39.2 Å². The fourth-order valence-electron chi connectivity index (χ4n) is 4.88. The first kappa shape index (κ1) is 32.5. The Kier molecular flexibility index (Phi) is 9.93. The van der Waals surface area contributed by atoms with Crippen LogP contribution in [0.4, 0.5) is 4.79 Å². The van der Waals surface area contributed by atoms with E-state index in [1.54, 1.807) is 77.5 Å². The number of sulfone groups is 1. The van der Waals surface area contributed by atoms with E-state index in [1.807, 2.05) is 0 Å². The number of nitrogens with one attached hydrogen (secondary N) is 1. The molecule has 1 aliphatic rings. The minimum Gasteiger partial charge on any atom is -0.496 e. The van der Waals surface area contributed by atoms with Crippen LogP contribution in [0.3, 0.4) is 0 Å². The van der Waals surface area contributed by atoms with E-state index in [9.17, 15) is 27.9 Å². The van der Waals surface area contributed by atoms with Crippen molar-refractivity contribution in [1.29, 1.82) is 0 Å². The van der Waals surface area contributed by atoms with E-state index in [1.165, 1.54) is 0 Å². The predicted molar refractivity (Wildman–Crippen MR) is 157 cm³/mol. The van der Waals surface area contributed by atoms with Crippen molar-refractivity contribution in [3.05, 3.63) is 60.0 Å². The molecule has 1 aliphatic heterocycles. The summed E-state index contributed by atoms with van der Waals surface area (Å²) in [6.07, 6.45) is -0.815. The Morgan fingerprint density at radius 2 is 1.69 bits per heavy atom. The lowest BCUT2D eigenvalue weighted by Gasteiger charge is -2.40. The zero-order chi connectivity index (χ0) is 31.3. The van der Waals surface area contributed by atoms with Crippen molar-refractivity contribution < 1.29 is 42.1 Å². The largest absolute Gasteiger partial charge is 0.496 e. The van der Waals surface area contributed by atoms with Crippen LogP contribution in [0.15, 0.2) is 54.5 Å². The van der Waals surface area contributed by atoms with Crippen LogP contribution in [-0.4, -0.2) is 80.1 Å². The number of ether oxygens (including phenoxy) is 3. The Labute approximate surface area is 246 Å². The molecule has 12 heteroatoms. The summed E-state index contributed by atoms with van der Waals surface area (Å²) in [6, 6.07) is 10.9. The van der Waals surface area contributed by atoms with Gasteiger partial charge in [0.05, 0.1) is 26.3 Å². The summed E-state index contributed by atoms with van der Waals surface area (Å²) in [5.74, 6) is -1.16. The first-order valence-electron chi connectivity index (χ1n) is 13.4. The highest BCUT2D eigenvalue weighted by atomic mass is 32.2. The number of hydrogen-bond acceptors (Lipinski definition) is 8. The first-order valence-corrected chi connectivity index (χ1v) is 14.9. The number of aliphatic carboxylic acids is 1. The van der Waals surface area contributed by atoms with Gasteiger partial charge < -0.3 is 29.5 Å². The van der Waals surface area contributed by atoms with E-state index >= 15 is 0 Å². The number of carbonyl (C=O) groups excluding carboxylic acids is 2. The highest BCUT2D eigenvalue weighted by Gasteiger charge is 2.53. The Morgan fingerprint density at radius 1 is 1.10 bits per heavy atom. The van der Waals surface area contributed by atoms with Gasteiger partial charge in [-0.05, 0) is 56.9 Å². The molecular weight excluding hydrogens is 564 g/mol. The van der Waals surface area contributed by atoms with E-state index in [0.29, 0.717) is 22.5 Å². The number of carboxylic acids is 1. The van der Waals surface area contributed by atoms with Gasteiger partial charge in [-0.15, -0.1) is 0 Å². The van der Waals surface area contributed by atoms with Crippen LogP contribution >= 0.6 is 0 Å². The molecule has 0 aromatic heterocycles. The normalized spacial score (nSPS) is 18.0. The lowest BCUT2D eigenvalue weighted by atomic mass is 9.95. The smallest absolute Gasteiger partial charge is 0.410 e. The number of carbonyl (C=O) groups is 3. The van der Waals surface area contributed by atoms with Gasteiger partial charge in [-0.1, -0.05) is 36.9 Å². The molecule has 1 heterocycles. The molecule has 0 spiro atoms. The molecule has 2 N–H and O–H groups in total. The fraction of sp³-hybridized carbons (Fsp3) is 0.433. The lowest BCUT2D eigenvalue weighted by Crippen LogP contribution is -2.63. The average Bonchev–Trinajstić information content (AvgIpc) is 2.95. The zero-order valence-electron chi connectivity index (χ0n) is 24.5. The van der Waals surface area contributed by atoms with E-state index in [0.717, 1.165) is 16.0 Å². The predicted octanol–water partition coefficient (Wildman–Crippen LogP) is 3.81. The molecule has 2 amide bonds. The number of rotatable bonds is 10. The number of nitrogens with zero attached hydrogens (tertiary/aromatic N) is 1. The van der Waals surface area contributed by atoms with Crippen LogP contribution in [0.25, 0.3) is 11.1 Å². The van der Waals surface area contributed by atoms with Crippen molar-refractivity contribution in [2.45, 2.75) is 56.4 Å². The van der Waals surface area contributed by atoms with Gasteiger partial charge >= 0.3 is 12.1 Å². The summed E-state index contributed by atoms with van der Waals surface area (Å²) in [7, 11) is -1.21. The molecule has 2 aromatic rings. The van der Waals surface area contributed by atoms with Crippen LogP contribution in [0.5, 0.6) is 11.5 Å². The Balaban J connectivity index is 1.87. The topological polar surface area (TPSA) is 149 Å². The van der Waals surface area contributed by atoms with E-state index in [4.69, 9.17) is 14.2 Å². The third-order valence-corrected chi connectivity index (χ3v) is 9.04. The van der Waals surface area contributed by atoms with Crippen molar-refractivity contribution in [3.8, 4) is 22.6 Å². The highest BCUT2D eigenvalue weighted by molar-refractivity contribution is 7.96. The molecule has 0 radical (unpaired) electrons. The van der Waals surface area contributed by atoms with Crippen molar-refractivity contribution in [3.63, 3.8) is 0 Å². The van der Waals surface area contributed by atoms with Gasteiger partial charge in [0.25, 0.3) is 0 Å². The molecule has 0 saturated carbocycles. The summed E-state index contributed by atoms with van der Waals surface area (Å²) in [5, 5.41) is 13.1. The summed E-state index contributed by atoms with van der Waals surface area (Å²) in [5.41, 5.74) is 1.24. The lowest BCUT2D eigenvalue weighted by molar-refractivity contribution is -0.142. The van der Waals surface area contributed by atoms with Crippen molar-refractivity contribution >= 4 is 27.8 Å². The molecule has 228 valence electrons. The number of likely N-dealkylation sites (tertiary alicyclic amines) is 1. The number of benzene rings is 2. The molecule has 1 saturated heterocycles. The zero-order valence-corrected chi connectivity index (χ0v) is 25.3. The second-order valence-corrected chi connectivity index (χ2v) is 13.2. The molecule has 2 atom stereocenters. The van der Waals surface area contributed by atoms with Crippen LogP contribution in [0.2, 0.25) is 0 Å². The van der Waals surface area contributed by atoms with Gasteiger partial charge in [0, 0.05) is 18.4 Å².